The molecule has 6 heteroatoms. The van der Waals surface area contributed by atoms with Gasteiger partial charge in [-0.25, -0.2) is 0 Å². The first-order valence-electron chi connectivity index (χ1n) is 7.63. The molecule has 0 heterocycles. The van der Waals surface area contributed by atoms with Gasteiger partial charge in [0.25, 0.3) is 5.91 Å². The van der Waals surface area contributed by atoms with Crippen molar-refractivity contribution in [3.8, 4) is 5.75 Å². The van der Waals surface area contributed by atoms with Gasteiger partial charge in [0.05, 0.1) is 11.6 Å². The quantitative estimate of drug-likeness (QED) is 0.676. The SMILES string of the molecule is COC(=O)CCCN(C)C(=O)COc1ccc2ccccc2c1Br. The Balaban J connectivity index is 1.89. The van der Waals surface area contributed by atoms with Crippen molar-refractivity contribution in [2.45, 2.75) is 12.8 Å². The number of nitrogens with zero attached hydrogens (tertiary/aromatic N) is 1. The van der Waals surface area contributed by atoms with Gasteiger partial charge in [0, 0.05) is 20.0 Å². The average Bonchev–Trinajstić information content (AvgIpc) is 2.60. The number of esters is 1. The maximum Gasteiger partial charge on any atom is 0.305 e. The van der Waals surface area contributed by atoms with E-state index < -0.39 is 0 Å². The van der Waals surface area contributed by atoms with Crippen LogP contribution in [0.15, 0.2) is 40.9 Å². The monoisotopic (exact) mass is 393 g/mol. The lowest BCUT2D eigenvalue weighted by atomic mass is 10.1. The summed E-state index contributed by atoms with van der Waals surface area (Å²) >= 11 is 3.53. The van der Waals surface area contributed by atoms with E-state index in [4.69, 9.17) is 4.74 Å². The molecule has 24 heavy (non-hydrogen) atoms. The van der Waals surface area contributed by atoms with Gasteiger partial charge in [-0.1, -0.05) is 30.3 Å². The highest BCUT2D eigenvalue weighted by Gasteiger charge is 2.12. The Bertz CT molecular complexity index is 732. The van der Waals surface area contributed by atoms with Crippen molar-refractivity contribution in [2.24, 2.45) is 0 Å². The van der Waals surface area contributed by atoms with Gasteiger partial charge in [-0.15, -0.1) is 0 Å². The lowest BCUT2D eigenvalue weighted by molar-refractivity contribution is -0.141. The minimum Gasteiger partial charge on any atom is -0.483 e. The van der Waals surface area contributed by atoms with Gasteiger partial charge in [-0.2, -0.15) is 0 Å². The molecule has 0 bridgehead atoms. The van der Waals surface area contributed by atoms with E-state index in [-0.39, 0.29) is 18.5 Å². The number of amides is 1. The van der Waals surface area contributed by atoms with Crippen LogP contribution in [0.3, 0.4) is 0 Å². The minimum atomic E-state index is -0.271. The van der Waals surface area contributed by atoms with Crippen LogP contribution in [0.5, 0.6) is 5.75 Å². The number of benzene rings is 2. The predicted octanol–water partition coefficient (Wildman–Crippen LogP) is 3.39. The smallest absolute Gasteiger partial charge is 0.305 e. The number of hydrogen-bond donors (Lipinski definition) is 0. The second-order valence-corrected chi connectivity index (χ2v) is 6.18. The number of likely N-dealkylation sites (N-methyl/N-ethyl adjacent to an activating group) is 1. The molecule has 1 amide bonds. The lowest BCUT2D eigenvalue weighted by Crippen LogP contribution is -2.32. The summed E-state index contributed by atoms with van der Waals surface area (Å²) in [6.45, 7) is 0.432. The van der Waals surface area contributed by atoms with Crippen molar-refractivity contribution in [3.05, 3.63) is 40.9 Å². The second-order valence-electron chi connectivity index (χ2n) is 5.38. The molecule has 128 valence electrons. The molecule has 0 spiro atoms. The van der Waals surface area contributed by atoms with Gasteiger partial charge in [0.1, 0.15) is 5.75 Å². The summed E-state index contributed by atoms with van der Waals surface area (Å²) in [4.78, 5) is 24.7. The van der Waals surface area contributed by atoms with Gasteiger partial charge in [0.2, 0.25) is 0 Å². The molecular formula is C18H20BrNO4. The van der Waals surface area contributed by atoms with Gasteiger partial charge in [-0.3, -0.25) is 9.59 Å². The molecule has 0 aromatic heterocycles. The maximum atomic E-state index is 12.1. The number of methoxy groups -OCH3 is 1. The number of hydrogen-bond acceptors (Lipinski definition) is 4. The Labute approximate surface area is 149 Å². The Morgan fingerprint density at radius 1 is 1.17 bits per heavy atom. The van der Waals surface area contributed by atoms with Crippen LogP contribution < -0.4 is 4.74 Å². The summed E-state index contributed by atoms with van der Waals surface area (Å²) in [7, 11) is 3.05. The van der Waals surface area contributed by atoms with E-state index in [2.05, 4.69) is 20.7 Å². The van der Waals surface area contributed by atoms with Crippen molar-refractivity contribution < 1.29 is 19.1 Å². The van der Waals surface area contributed by atoms with E-state index in [1.54, 1.807) is 11.9 Å². The summed E-state index contributed by atoms with van der Waals surface area (Å²) in [5.41, 5.74) is 0. The van der Waals surface area contributed by atoms with Crippen molar-refractivity contribution in [2.75, 3.05) is 27.3 Å². The number of halogens is 1. The van der Waals surface area contributed by atoms with Crippen LogP contribution in [0.25, 0.3) is 10.8 Å². The molecule has 0 aliphatic carbocycles. The zero-order chi connectivity index (χ0) is 17.5. The van der Waals surface area contributed by atoms with Crippen LogP contribution in [0, 0.1) is 0 Å². The third kappa shape index (κ3) is 4.71. The lowest BCUT2D eigenvalue weighted by Gasteiger charge is -2.17. The normalized spacial score (nSPS) is 10.5. The Morgan fingerprint density at radius 3 is 2.67 bits per heavy atom. The Hall–Kier alpha value is -2.08. The molecule has 0 aliphatic rings. The number of carbonyl (C=O) groups excluding carboxylic acids is 2. The Kier molecular flexibility index (Phi) is 6.61. The molecule has 0 aliphatic heterocycles. The van der Waals surface area contributed by atoms with Crippen LogP contribution in [-0.2, 0) is 14.3 Å². The topological polar surface area (TPSA) is 55.8 Å². The number of ether oxygens (including phenoxy) is 2. The molecule has 0 atom stereocenters. The van der Waals surface area contributed by atoms with Gasteiger partial charge >= 0.3 is 5.97 Å². The molecule has 2 aromatic rings. The molecule has 2 aromatic carbocycles. The molecule has 0 saturated heterocycles. The second kappa shape index (κ2) is 8.68. The van der Waals surface area contributed by atoms with E-state index in [0.717, 1.165) is 15.2 Å². The van der Waals surface area contributed by atoms with Gasteiger partial charge in [-0.05, 0) is 39.2 Å². The average molecular weight is 394 g/mol. The van der Waals surface area contributed by atoms with Gasteiger partial charge < -0.3 is 14.4 Å². The zero-order valence-corrected chi connectivity index (χ0v) is 15.3. The first-order chi connectivity index (χ1) is 11.5. The first-order valence-corrected chi connectivity index (χ1v) is 8.43. The fourth-order valence-corrected chi connectivity index (χ4v) is 2.87. The van der Waals surface area contributed by atoms with E-state index in [9.17, 15) is 9.59 Å². The molecule has 2 rings (SSSR count). The number of rotatable bonds is 7. The van der Waals surface area contributed by atoms with Crippen molar-refractivity contribution in [3.63, 3.8) is 0 Å². The Morgan fingerprint density at radius 2 is 1.92 bits per heavy atom. The predicted molar refractivity (Wildman–Crippen MR) is 96.0 cm³/mol. The largest absolute Gasteiger partial charge is 0.483 e. The summed E-state index contributed by atoms with van der Waals surface area (Å²) in [5, 5.41) is 2.14. The fraction of sp³-hybridized carbons (Fsp3) is 0.333. The van der Waals surface area contributed by atoms with Crippen LogP contribution >= 0.6 is 15.9 Å². The van der Waals surface area contributed by atoms with E-state index >= 15 is 0 Å². The number of carbonyl (C=O) groups is 2. The summed E-state index contributed by atoms with van der Waals surface area (Å²) in [5.74, 6) is 0.220. The summed E-state index contributed by atoms with van der Waals surface area (Å²) in [6, 6.07) is 11.7. The highest BCUT2D eigenvalue weighted by Crippen LogP contribution is 2.32. The molecular weight excluding hydrogens is 374 g/mol. The molecule has 0 saturated carbocycles. The summed E-state index contributed by atoms with van der Waals surface area (Å²) in [6.07, 6.45) is 0.861. The van der Waals surface area contributed by atoms with E-state index in [1.165, 1.54) is 7.11 Å². The van der Waals surface area contributed by atoms with E-state index in [1.807, 2.05) is 36.4 Å². The standard InChI is InChI=1S/C18H20BrNO4/c1-20(11-5-8-17(22)23-2)16(21)12-24-15-10-9-13-6-3-4-7-14(13)18(15)19/h3-4,6-7,9-10H,5,8,11-12H2,1-2H3. The molecule has 0 N–H and O–H groups in total. The van der Waals surface area contributed by atoms with Crippen LogP contribution in [0.4, 0.5) is 0 Å². The van der Waals surface area contributed by atoms with Crippen LogP contribution in [-0.4, -0.2) is 44.1 Å². The third-order valence-electron chi connectivity index (χ3n) is 3.71. The first kappa shape index (κ1) is 18.3. The van der Waals surface area contributed by atoms with E-state index in [0.29, 0.717) is 25.1 Å². The summed E-state index contributed by atoms with van der Waals surface area (Å²) < 4.78 is 11.1. The highest BCUT2D eigenvalue weighted by molar-refractivity contribution is 9.10. The third-order valence-corrected chi connectivity index (χ3v) is 4.52. The van der Waals surface area contributed by atoms with Gasteiger partial charge in [0.15, 0.2) is 6.61 Å². The molecule has 0 fully saturated rings. The van der Waals surface area contributed by atoms with Crippen molar-refractivity contribution >= 4 is 38.6 Å². The highest BCUT2D eigenvalue weighted by atomic mass is 79.9. The number of fused-ring (bicyclic) bond motifs is 1. The van der Waals surface area contributed by atoms with Crippen molar-refractivity contribution in [1.82, 2.24) is 4.90 Å². The molecule has 5 nitrogen and oxygen atoms in total. The zero-order valence-electron chi connectivity index (χ0n) is 13.8. The molecule has 0 radical (unpaired) electrons. The fourth-order valence-electron chi connectivity index (χ4n) is 2.26. The van der Waals surface area contributed by atoms with Crippen LogP contribution in [0.1, 0.15) is 12.8 Å². The van der Waals surface area contributed by atoms with Crippen LogP contribution in [0.2, 0.25) is 0 Å². The minimum absolute atomic E-state index is 0.0499. The molecule has 0 unspecified atom stereocenters. The maximum absolute atomic E-state index is 12.1. The van der Waals surface area contributed by atoms with Crippen molar-refractivity contribution in [1.29, 1.82) is 0 Å².